The first kappa shape index (κ1) is 15.4. The number of carboxylic acid groups (broad SMARTS) is 1. The average molecular weight is 291 g/mol. The van der Waals surface area contributed by atoms with Gasteiger partial charge in [0.05, 0.1) is 12.5 Å². The predicted molar refractivity (Wildman–Crippen MR) is 78.3 cm³/mol. The number of benzene rings is 1. The van der Waals surface area contributed by atoms with E-state index >= 15 is 0 Å². The zero-order valence-corrected chi connectivity index (χ0v) is 12.2. The Morgan fingerprint density at radius 2 is 2.29 bits per heavy atom. The second-order valence-corrected chi connectivity index (χ2v) is 5.32. The molecule has 0 bridgehead atoms. The van der Waals surface area contributed by atoms with Gasteiger partial charge < -0.3 is 14.7 Å². The second kappa shape index (κ2) is 7.11. The highest BCUT2D eigenvalue weighted by atomic mass is 16.5. The van der Waals surface area contributed by atoms with Gasteiger partial charge in [-0.15, -0.1) is 0 Å². The normalized spacial score (nSPS) is 18.0. The number of carboxylic acids is 1. The van der Waals surface area contributed by atoms with Gasteiger partial charge in [0, 0.05) is 19.5 Å². The van der Waals surface area contributed by atoms with Crippen molar-refractivity contribution in [3.63, 3.8) is 0 Å². The summed E-state index contributed by atoms with van der Waals surface area (Å²) in [6.07, 6.45) is 1.79. The fourth-order valence-electron chi connectivity index (χ4n) is 2.43. The highest BCUT2D eigenvalue weighted by Gasteiger charge is 2.33. The topological polar surface area (TPSA) is 66.8 Å². The van der Waals surface area contributed by atoms with Gasteiger partial charge in [0.25, 0.3) is 0 Å². The zero-order valence-electron chi connectivity index (χ0n) is 12.2. The van der Waals surface area contributed by atoms with Crippen molar-refractivity contribution in [2.75, 3.05) is 19.7 Å². The molecule has 0 radical (unpaired) electrons. The van der Waals surface area contributed by atoms with Crippen LogP contribution in [0.4, 0.5) is 0 Å². The summed E-state index contributed by atoms with van der Waals surface area (Å²) < 4.78 is 5.58. The second-order valence-electron chi connectivity index (χ2n) is 5.32. The Hall–Kier alpha value is -2.04. The van der Waals surface area contributed by atoms with E-state index in [1.54, 1.807) is 4.90 Å². The van der Waals surface area contributed by atoms with Crippen molar-refractivity contribution in [3.05, 3.63) is 29.8 Å². The van der Waals surface area contributed by atoms with Crippen molar-refractivity contribution in [1.29, 1.82) is 0 Å². The molecule has 0 aliphatic carbocycles. The molecule has 1 amide bonds. The smallest absolute Gasteiger partial charge is 0.308 e. The van der Waals surface area contributed by atoms with Crippen LogP contribution >= 0.6 is 0 Å². The number of rotatable bonds is 7. The van der Waals surface area contributed by atoms with E-state index in [1.807, 2.05) is 24.3 Å². The van der Waals surface area contributed by atoms with Crippen molar-refractivity contribution in [3.8, 4) is 5.75 Å². The molecular weight excluding hydrogens is 270 g/mol. The van der Waals surface area contributed by atoms with E-state index in [1.165, 1.54) is 0 Å². The fourth-order valence-corrected chi connectivity index (χ4v) is 2.43. The van der Waals surface area contributed by atoms with Crippen LogP contribution in [0.3, 0.4) is 0 Å². The lowest BCUT2D eigenvalue weighted by Gasteiger charge is -2.16. The van der Waals surface area contributed by atoms with Crippen LogP contribution in [0.15, 0.2) is 24.3 Å². The SMILES string of the molecule is CCCOc1cccc(CCN2CC(C(=O)O)CC2=O)c1. The van der Waals surface area contributed by atoms with Gasteiger partial charge in [-0.05, 0) is 30.5 Å². The molecule has 5 heteroatoms. The molecule has 1 fully saturated rings. The number of nitrogens with zero attached hydrogens (tertiary/aromatic N) is 1. The number of amides is 1. The molecule has 1 heterocycles. The Morgan fingerprint density at radius 3 is 2.95 bits per heavy atom. The lowest BCUT2D eigenvalue weighted by Crippen LogP contribution is -2.28. The summed E-state index contributed by atoms with van der Waals surface area (Å²) >= 11 is 0. The number of hydrogen-bond acceptors (Lipinski definition) is 3. The molecule has 1 aromatic carbocycles. The Kier molecular flexibility index (Phi) is 5.20. The highest BCUT2D eigenvalue weighted by molar-refractivity contribution is 5.86. The molecule has 0 spiro atoms. The molecule has 2 rings (SSSR count). The first-order valence-electron chi connectivity index (χ1n) is 7.32. The summed E-state index contributed by atoms with van der Waals surface area (Å²) in [4.78, 5) is 24.3. The molecule has 5 nitrogen and oxygen atoms in total. The van der Waals surface area contributed by atoms with Crippen LogP contribution in [0.25, 0.3) is 0 Å². The minimum Gasteiger partial charge on any atom is -0.494 e. The minimum atomic E-state index is -0.888. The van der Waals surface area contributed by atoms with E-state index in [-0.39, 0.29) is 12.3 Å². The van der Waals surface area contributed by atoms with Crippen molar-refractivity contribution >= 4 is 11.9 Å². The van der Waals surface area contributed by atoms with Crippen LogP contribution < -0.4 is 4.74 Å². The fraction of sp³-hybridized carbons (Fsp3) is 0.500. The first-order valence-corrected chi connectivity index (χ1v) is 7.32. The summed E-state index contributed by atoms with van der Waals surface area (Å²) in [5, 5.41) is 8.96. The number of ether oxygens (including phenoxy) is 1. The number of likely N-dealkylation sites (tertiary alicyclic amines) is 1. The Bertz CT molecular complexity index is 515. The number of hydrogen-bond donors (Lipinski definition) is 1. The molecule has 1 saturated heterocycles. The van der Waals surface area contributed by atoms with Gasteiger partial charge in [-0.25, -0.2) is 0 Å². The Morgan fingerprint density at radius 1 is 1.48 bits per heavy atom. The van der Waals surface area contributed by atoms with Crippen LogP contribution in [0, 0.1) is 5.92 Å². The number of carbonyl (C=O) groups is 2. The maximum absolute atomic E-state index is 11.8. The quantitative estimate of drug-likeness (QED) is 0.834. The molecule has 1 atom stereocenters. The van der Waals surface area contributed by atoms with E-state index < -0.39 is 11.9 Å². The van der Waals surface area contributed by atoms with Gasteiger partial charge in [-0.2, -0.15) is 0 Å². The summed E-state index contributed by atoms with van der Waals surface area (Å²) in [7, 11) is 0. The van der Waals surface area contributed by atoms with Crippen LogP contribution in [0.1, 0.15) is 25.3 Å². The Balaban J connectivity index is 1.88. The van der Waals surface area contributed by atoms with Gasteiger partial charge >= 0.3 is 5.97 Å². The van der Waals surface area contributed by atoms with Crippen LogP contribution in [-0.2, 0) is 16.0 Å². The third-order valence-electron chi connectivity index (χ3n) is 3.61. The van der Waals surface area contributed by atoms with Crippen molar-refractivity contribution in [1.82, 2.24) is 4.90 Å². The van der Waals surface area contributed by atoms with Gasteiger partial charge in [0.1, 0.15) is 5.75 Å². The molecule has 1 aliphatic rings. The third kappa shape index (κ3) is 4.21. The van der Waals surface area contributed by atoms with Gasteiger partial charge in [0.15, 0.2) is 0 Å². The molecule has 1 unspecified atom stereocenters. The zero-order chi connectivity index (χ0) is 15.2. The van der Waals surface area contributed by atoms with E-state index in [4.69, 9.17) is 9.84 Å². The molecule has 114 valence electrons. The summed E-state index contributed by atoms with van der Waals surface area (Å²) in [5.41, 5.74) is 1.09. The van der Waals surface area contributed by atoms with Gasteiger partial charge in [-0.1, -0.05) is 19.1 Å². The van der Waals surface area contributed by atoms with Gasteiger partial charge in [0.2, 0.25) is 5.91 Å². The van der Waals surface area contributed by atoms with E-state index in [9.17, 15) is 9.59 Å². The summed E-state index contributed by atoms with van der Waals surface area (Å²) in [6.45, 7) is 3.62. The van der Waals surface area contributed by atoms with Crippen LogP contribution in [0.5, 0.6) is 5.75 Å². The number of aliphatic carboxylic acids is 1. The highest BCUT2D eigenvalue weighted by Crippen LogP contribution is 2.19. The van der Waals surface area contributed by atoms with E-state index in [0.29, 0.717) is 26.1 Å². The largest absolute Gasteiger partial charge is 0.494 e. The third-order valence-corrected chi connectivity index (χ3v) is 3.61. The van der Waals surface area contributed by atoms with Crippen molar-refractivity contribution in [2.45, 2.75) is 26.2 Å². The summed E-state index contributed by atoms with van der Waals surface area (Å²) in [6, 6.07) is 7.83. The lowest BCUT2D eigenvalue weighted by molar-refractivity contribution is -0.141. The lowest BCUT2D eigenvalue weighted by atomic mass is 10.1. The predicted octanol–water partition coefficient (Wildman–Crippen LogP) is 1.95. The average Bonchev–Trinajstić information content (AvgIpc) is 2.85. The Labute approximate surface area is 124 Å². The molecule has 0 aromatic heterocycles. The van der Waals surface area contributed by atoms with E-state index in [0.717, 1.165) is 17.7 Å². The maximum atomic E-state index is 11.8. The van der Waals surface area contributed by atoms with Gasteiger partial charge in [-0.3, -0.25) is 9.59 Å². The first-order chi connectivity index (χ1) is 10.1. The summed E-state index contributed by atoms with van der Waals surface area (Å²) in [5.74, 6) is -0.677. The molecule has 1 N–H and O–H groups in total. The van der Waals surface area contributed by atoms with Crippen LogP contribution in [-0.4, -0.2) is 41.6 Å². The monoisotopic (exact) mass is 291 g/mol. The maximum Gasteiger partial charge on any atom is 0.308 e. The molecule has 1 aliphatic heterocycles. The van der Waals surface area contributed by atoms with Crippen molar-refractivity contribution < 1.29 is 19.4 Å². The molecule has 0 saturated carbocycles. The molecular formula is C16H21NO4. The number of carbonyl (C=O) groups excluding carboxylic acids is 1. The van der Waals surface area contributed by atoms with Crippen molar-refractivity contribution in [2.24, 2.45) is 5.92 Å². The molecule has 21 heavy (non-hydrogen) atoms. The standard InChI is InChI=1S/C16H21NO4/c1-2-8-21-14-5-3-4-12(9-14)6-7-17-11-13(16(19)20)10-15(17)18/h3-5,9,13H,2,6-8,10-11H2,1H3,(H,19,20). The minimum absolute atomic E-state index is 0.0687. The molecule has 1 aromatic rings. The van der Waals surface area contributed by atoms with E-state index in [2.05, 4.69) is 6.92 Å². The van der Waals surface area contributed by atoms with Crippen LogP contribution in [0.2, 0.25) is 0 Å².